The van der Waals surface area contributed by atoms with Crippen LogP contribution in [0, 0.1) is 0 Å². The number of carbonyl (C=O) groups excluding carboxylic acids is 1. The molecule has 3 heterocycles. The molecule has 2 aromatic heterocycles. The van der Waals surface area contributed by atoms with Crippen LogP contribution in [0.3, 0.4) is 0 Å². The van der Waals surface area contributed by atoms with E-state index in [2.05, 4.69) is 36.8 Å². The molecule has 41 heavy (non-hydrogen) atoms. The van der Waals surface area contributed by atoms with E-state index in [-0.39, 0.29) is 11.9 Å². The number of piperazine rings is 1. The largest absolute Gasteiger partial charge is 0.496 e. The molecular weight excluding hydrogens is 516 g/mol. The van der Waals surface area contributed by atoms with Crippen molar-refractivity contribution in [3.63, 3.8) is 0 Å². The Kier molecular flexibility index (Phi) is 7.84. The minimum atomic E-state index is -0.201. The number of nitrogens with zero attached hydrogens (tertiary/aromatic N) is 6. The second kappa shape index (κ2) is 11.8. The highest BCUT2D eigenvalue weighted by Gasteiger charge is 2.31. The van der Waals surface area contributed by atoms with Crippen LogP contribution in [0.15, 0.2) is 54.9 Å². The van der Waals surface area contributed by atoms with Crippen LogP contribution in [0.2, 0.25) is 0 Å². The minimum absolute atomic E-state index is 0.201. The molecule has 0 radical (unpaired) electrons. The first-order valence-electron chi connectivity index (χ1n) is 14.4. The maximum Gasteiger partial charge on any atom is 0.255 e. The number of fused-ring (bicyclic) bond motifs is 1. The van der Waals surface area contributed by atoms with Crippen molar-refractivity contribution in [2.75, 3.05) is 46.1 Å². The van der Waals surface area contributed by atoms with Gasteiger partial charge in [0, 0.05) is 44.3 Å². The molecule has 1 saturated heterocycles. The number of nitrogens with two attached hydrogens (primary N) is 1. The van der Waals surface area contributed by atoms with E-state index in [0.29, 0.717) is 35.4 Å². The number of ether oxygens (including phenoxy) is 1. The summed E-state index contributed by atoms with van der Waals surface area (Å²) in [4.78, 5) is 27.0. The third-order valence-corrected chi connectivity index (χ3v) is 8.60. The Bertz CT molecular complexity index is 1510. The van der Waals surface area contributed by atoms with Crippen LogP contribution >= 0.6 is 0 Å². The van der Waals surface area contributed by atoms with E-state index >= 15 is 0 Å². The fraction of sp³-hybridized carbons (Fsp3) is 0.419. The van der Waals surface area contributed by atoms with Gasteiger partial charge >= 0.3 is 0 Å². The van der Waals surface area contributed by atoms with Crippen LogP contribution in [-0.2, 0) is 6.54 Å². The zero-order valence-electron chi connectivity index (χ0n) is 23.8. The Morgan fingerprint density at radius 3 is 2.46 bits per heavy atom. The molecule has 6 rings (SSSR count). The number of nitrogens with one attached hydrogen (secondary N) is 1. The monoisotopic (exact) mass is 554 g/mol. The third kappa shape index (κ3) is 5.62. The van der Waals surface area contributed by atoms with E-state index < -0.39 is 0 Å². The van der Waals surface area contributed by atoms with Crippen LogP contribution in [0.4, 0.5) is 5.82 Å². The molecule has 2 aromatic carbocycles. The number of likely N-dealkylation sites (N-methyl/N-ethyl adjacent to an activating group) is 1. The van der Waals surface area contributed by atoms with E-state index in [1.54, 1.807) is 13.2 Å². The zero-order chi connectivity index (χ0) is 28.3. The van der Waals surface area contributed by atoms with Gasteiger partial charge in [0.25, 0.3) is 5.91 Å². The van der Waals surface area contributed by atoms with E-state index in [9.17, 15) is 4.79 Å². The Morgan fingerprint density at radius 1 is 1.00 bits per heavy atom. The van der Waals surface area contributed by atoms with Gasteiger partial charge in [0.1, 0.15) is 23.6 Å². The topological polar surface area (TPSA) is 114 Å². The summed E-state index contributed by atoms with van der Waals surface area (Å²) < 4.78 is 7.71. The summed E-state index contributed by atoms with van der Waals surface area (Å²) >= 11 is 0. The fourth-order valence-electron chi connectivity index (χ4n) is 6.21. The predicted octanol–water partition coefficient (Wildman–Crippen LogP) is 3.75. The normalized spacial score (nSPS) is 20.2. The number of benzene rings is 2. The Labute approximate surface area is 240 Å². The maximum atomic E-state index is 13.0. The Morgan fingerprint density at radius 2 is 1.73 bits per heavy atom. The SMILES string of the molecule is COc1cc(-c2nn(C3CCC(N4CCN(C)CC4)CC3)c3ncnc(N)c23)ccc1C(=O)NCc1ccccc1. The lowest BCUT2D eigenvalue weighted by Gasteiger charge is -2.41. The van der Waals surface area contributed by atoms with Crippen LogP contribution < -0.4 is 15.8 Å². The lowest BCUT2D eigenvalue weighted by Crippen LogP contribution is -2.49. The minimum Gasteiger partial charge on any atom is -0.496 e. The number of hydrogen-bond acceptors (Lipinski definition) is 8. The third-order valence-electron chi connectivity index (χ3n) is 8.60. The molecular formula is C31H38N8O2. The number of nitrogen functional groups attached to an aromatic ring is 1. The van der Waals surface area contributed by atoms with Gasteiger partial charge in [-0.3, -0.25) is 9.69 Å². The summed E-state index contributed by atoms with van der Waals surface area (Å²) in [6.07, 6.45) is 5.89. The molecule has 0 unspecified atom stereocenters. The summed E-state index contributed by atoms with van der Waals surface area (Å²) in [5, 5.41) is 8.79. The van der Waals surface area contributed by atoms with Crippen molar-refractivity contribution in [1.82, 2.24) is 34.9 Å². The molecule has 3 N–H and O–H groups in total. The standard InChI is InChI=1S/C31H38N8O2/c1-37-14-16-38(17-15-37)23-9-11-24(12-10-23)39-30-27(29(32)34-20-35-30)28(36-39)22-8-13-25(26(18-22)41-2)31(40)33-19-21-6-4-3-5-7-21/h3-8,13,18,20,23-24H,9-12,14-17,19H2,1-2H3,(H,33,40)(H2,32,34,35). The summed E-state index contributed by atoms with van der Waals surface area (Å²) in [5.41, 5.74) is 10.1. The van der Waals surface area contributed by atoms with Crippen LogP contribution in [0.1, 0.15) is 47.6 Å². The molecule has 0 atom stereocenters. The van der Waals surface area contributed by atoms with Crippen molar-refractivity contribution in [2.24, 2.45) is 0 Å². The predicted molar refractivity (Wildman–Crippen MR) is 160 cm³/mol. The molecule has 1 aliphatic carbocycles. The number of aromatic nitrogens is 4. The van der Waals surface area contributed by atoms with Crippen molar-refractivity contribution < 1.29 is 9.53 Å². The van der Waals surface area contributed by atoms with Gasteiger partial charge in [-0.25, -0.2) is 14.6 Å². The van der Waals surface area contributed by atoms with Crippen LogP contribution in [0.5, 0.6) is 5.75 Å². The number of amides is 1. The molecule has 10 nitrogen and oxygen atoms in total. The van der Waals surface area contributed by atoms with Crippen LogP contribution in [-0.4, -0.2) is 81.8 Å². The first kappa shape index (κ1) is 27.2. The molecule has 1 amide bonds. The summed E-state index contributed by atoms with van der Waals surface area (Å²) in [6.45, 7) is 5.00. The van der Waals surface area contributed by atoms with Gasteiger partial charge in [0.2, 0.25) is 0 Å². The zero-order valence-corrected chi connectivity index (χ0v) is 23.8. The number of rotatable bonds is 7. The second-order valence-corrected chi connectivity index (χ2v) is 11.1. The number of carbonyl (C=O) groups is 1. The summed E-state index contributed by atoms with van der Waals surface area (Å²) in [5.74, 6) is 0.664. The van der Waals surface area contributed by atoms with Gasteiger partial charge < -0.3 is 20.7 Å². The van der Waals surface area contributed by atoms with E-state index in [1.165, 1.54) is 6.33 Å². The number of hydrogen-bond donors (Lipinski definition) is 2. The lowest BCUT2D eigenvalue weighted by molar-refractivity contribution is 0.0815. The molecule has 214 valence electrons. The quantitative estimate of drug-likeness (QED) is 0.355. The highest BCUT2D eigenvalue weighted by atomic mass is 16.5. The molecule has 0 bridgehead atoms. The molecule has 1 saturated carbocycles. The van der Waals surface area contributed by atoms with Gasteiger partial charge in [-0.15, -0.1) is 0 Å². The number of methoxy groups -OCH3 is 1. The van der Waals surface area contributed by atoms with Gasteiger partial charge in [-0.05, 0) is 50.4 Å². The molecule has 2 fully saturated rings. The van der Waals surface area contributed by atoms with Crippen molar-refractivity contribution >= 4 is 22.8 Å². The molecule has 2 aliphatic rings. The van der Waals surface area contributed by atoms with E-state index in [4.69, 9.17) is 15.6 Å². The van der Waals surface area contributed by atoms with Gasteiger partial charge in [0.05, 0.1) is 24.1 Å². The average molecular weight is 555 g/mol. The van der Waals surface area contributed by atoms with Crippen molar-refractivity contribution in [3.05, 3.63) is 66.0 Å². The molecule has 0 spiro atoms. The van der Waals surface area contributed by atoms with Crippen molar-refractivity contribution in [1.29, 1.82) is 0 Å². The second-order valence-electron chi connectivity index (χ2n) is 11.1. The first-order chi connectivity index (χ1) is 20.0. The highest BCUT2D eigenvalue weighted by Crippen LogP contribution is 2.38. The van der Waals surface area contributed by atoms with E-state index in [0.717, 1.165) is 74.0 Å². The van der Waals surface area contributed by atoms with Crippen LogP contribution in [0.25, 0.3) is 22.3 Å². The molecule has 1 aliphatic heterocycles. The van der Waals surface area contributed by atoms with Gasteiger partial charge in [-0.1, -0.05) is 36.4 Å². The van der Waals surface area contributed by atoms with Gasteiger partial charge in [0.15, 0.2) is 5.65 Å². The lowest BCUT2D eigenvalue weighted by atomic mass is 9.90. The maximum absolute atomic E-state index is 13.0. The molecule has 4 aromatic rings. The smallest absolute Gasteiger partial charge is 0.255 e. The highest BCUT2D eigenvalue weighted by molar-refractivity contribution is 6.01. The Balaban J connectivity index is 1.24. The van der Waals surface area contributed by atoms with E-state index in [1.807, 2.05) is 42.5 Å². The fourth-order valence-corrected chi connectivity index (χ4v) is 6.21. The number of anilines is 1. The summed E-state index contributed by atoms with van der Waals surface area (Å²) in [7, 11) is 3.77. The van der Waals surface area contributed by atoms with Crippen molar-refractivity contribution in [3.8, 4) is 17.0 Å². The molecule has 10 heteroatoms. The first-order valence-corrected chi connectivity index (χ1v) is 14.4. The van der Waals surface area contributed by atoms with Crippen molar-refractivity contribution in [2.45, 2.75) is 44.3 Å². The van der Waals surface area contributed by atoms with Gasteiger partial charge in [-0.2, -0.15) is 5.10 Å². The average Bonchev–Trinajstić information content (AvgIpc) is 3.41. The Hall–Kier alpha value is -4.02. The summed E-state index contributed by atoms with van der Waals surface area (Å²) in [6, 6.07) is 16.2.